The van der Waals surface area contributed by atoms with E-state index in [4.69, 9.17) is 14.4 Å². The van der Waals surface area contributed by atoms with Crippen LogP contribution >= 0.6 is 0 Å². The Morgan fingerprint density at radius 3 is 2.66 bits per heavy atom. The smallest absolute Gasteiger partial charge is 0.303 e. The first kappa shape index (κ1) is 24.2. The summed E-state index contributed by atoms with van der Waals surface area (Å²) in [6, 6.07) is 14.1. The van der Waals surface area contributed by atoms with Crippen molar-refractivity contribution in [2.75, 3.05) is 7.11 Å². The first-order chi connectivity index (χ1) is 17.0. The van der Waals surface area contributed by atoms with E-state index in [-0.39, 0.29) is 12.2 Å². The number of unbranched alkanes of at least 4 members (excludes halogenated alkanes) is 1. The number of rotatable bonds is 10. The molecule has 0 bridgehead atoms. The number of aromatic nitrogens is 3. The number of halogens is 1. The number of pyridine rings is 1. The standard InChI is InChI=1S/C27H26FN3O4/c1-17-13-19(15-29-24(17)9-5-6-10-25(32)33)26-30-27(35-31-26)18-11-12-21(20(14-18)16-34-2)22-7-3-4-8-23(22)28/h3-4,7-8,11-15H,5-6,9-10,16H2,1-2H3,(H,32,33). The van der Waals surface area contributed by atoms with Gasteiger partial charge in [-0.1, -0.05) is 29.4 Å². The minimum absolute atomic E-state index is 0.163. The van der Waals surface area contributed by atoms with Crippen LogP contribution in [0.5, 0.6) is 0 Å². The van der Waals surface area contributed by atoms with E-state index in [0.717, 1.165) is 34.4 Å². The van der Waals surface area contributed by atoms with Crippen molar-refractivity contribution in [2.24, 2.45) is 0 Å². The summed E-state index contributed by atoms with van der Waals surface area (Å²) < 4.78 is 25.2. The molecule has 4 rings (SSSR count). The molecular weight excluding hydrogens is 449 g/mol. The number of nitrogens with zero attached hydrogens (tertiary/aromatic N) is 3. The number of carboxylic acid groups (broad SMARTS) is 1. The van der Waals surface area contributed by atoms with Gasteiger partial charge in [-0.05, 0) is 67.1 Å². The summed E-state index contributed by atoms with van der Waals surface area (Å²) in [5.41, 5.74) is 5.40. The second-order valence-corrected chi connectivity index (χ2v) is 8.30. The third-order valence-corrected chi connectivity index (χ3v) is 5.74. The van der Waals surface area contributed by atoms with E-state index in [9.17, 15) is 9.18 Å². The van der Waals surface area contributed by atoms with Gasteiger partial charge in [0.2, 0.25) is 5.82 Å². The van der Waals surface area contributed by atoms with E-state index in [2.05, 4.69) is 15.1 Å². The molecule has 4 aromatic rings. The third kappa shape index (κ3) is 5.78. The molecule has 8 heteroatoms. The molecule has 0 aliphatic rings. The van der Waals surface area contributed by atoms with Gasteiger partial charge in [-0.15, -0.1) is 0 Å². The lowest BCUT2D eigenvalue weighted by molar-refractivity contribution is -0.137. The predicted octanol–water partition coefficient (Wildman–Crippen LogP) is 5.86. The molecule has 2 heterocycles. The molecule has 0 spiro atoms. The van der Waals surface area contributed by atoms with Gasteiger partial charge in [0.15, 0.2) is 0 Å². The van der Waals surface area contributed by atoms with Crippen LogP contribution in [0.3, 0.4) is 0 Å². The lowest BCUT2D eigenvalue weighted by atomic mass is 9.97. The van der Waals surface area contributed by atoms with E-state index in [0.29, 0.717) is 42.3 Å². The summed E-state index contributed by atoms with van der Waals surface area (Å²) in [4.78, 5) is 19.7. The van der Waals surface area contributed by atoms with Crippen LogP contribution in [-0.4, -0.2) is 33.3 Å². The Morgan fingerprint density at radius 2 is 1.91 bits per heavy atom. The van der Waals surface area contributed by atoms with Gasteiger partial charge in [-0.25, -0.2) is 4.39 Å². The Hall–Kier alpha value is -3.91. The number of carboxylic acids is 1. The topological polar surface area (TPSA) is 98.3 Å². The monoisotopic (exact) mass is 475 g/mol. The normalized spacial score (nSPS) is 11.1. The maximum absolute atomic E-state index is 14.4. The number of hydrogen-bond acceptors (Lipinski definition) is 6. The zero-order valence-corrected chi connectivity index (χ0v) is 19.6. The molecule has 7 nitrogen and oxygen atoms in total. The average Bonchev–Trinajstić information content (AvgIpc) is 3.34. The molecule has 1 N–H and O–H groups in total. The molecule has 0 saturated carbocycles. The van der Waals surface area contributed by atoms with Crippen molar-refractivity contribution < 1.29 is 23.6 Å². The second-order valence-electron chi connectivity index (χ2n) is 8.30. The van der Waals surface area contributed by atoms with Gasteiger partial charge in [0, 0.05) is 42.1 Å². The van der Waals surface area contributed by atoms with Crippen LogP contribution < -0.4 is 0 Å². The Bertz CT molecular complexity index is 1340. The van der Waals surface area contributed by atoms with Crippen molar-refractivity contribution in [3.8, 4) is 34.0 Å². The van der Waals surface area contributed by atoms with Gasteiger partial charge >= 0.3 is 5.97 Å². The van der Waals surface area contributed by atoms with Crippen LogP contribution in [0.1, 0.15) is 36.1 Å². The van der Waals surface area contributed by atoms with Crippen molar-refractivity contribution in [3.63, 3.8) is 0 Å². The summed E-state index contributed by atoms with van der Waals surface area (Å²) in [5.74, 6) is -0.327. The van der Waals surface area contributed by atoms with Gasteiger partial charge in [0.05, 0.1) is 6.61 Å². The van der Waals surface area contributed by atoms with Crippen molar-refractivity contribution >= 4 is 5.97 Å². The molecule has 35 heavy (non-hydrogen) atoms. The molecule has 0 saturated heterocycles. The molecule has 0 aliphatic carbocycles. The maximum atomic E-state index is 14.4. The largest absolute Gasteiger partial charge is 0.481 e. The number of hydrogen-bond donors (Lipinski definition) is 1. The number of methoxy groups -OCH3 is 1. The molecule has 0 unspecified atom stereocenters. The summed E-state index contributed by atoms with van der Waals surface area (Å²) in [7, 11) is 1.59. The first-order valence-electron chi connectivity index (χ1n) is 11.3. The number of aryl methyl sites for hydroxylation is 2. The van der Waals surface area contributed by atoms with Gasteiger partial charge in [0.1, 0.15) is 5.82 Å². The van der Waals surface area contributed by atoms with Crippen molar-refractivity contribution in [1.29, 1.82) is 0 Å². The summed E-state index contributed by atoms with van der Waals surface area (Å²) in [6.45, 7) is 2.26. The van der Waals surface area contributed by atoms with Crippen molar-refractivity contribution in [2.45, 2.75) is 39.2 Å². The SMILES string of the molecule is COCc1cc(-c2nc(-c3cnc(CCCCC(=O)O)c(C)c3)no2)ccc1-c1ccccc1F. The zero-order valence-electron chi connectivity index (χ0n) is 19.6. The fourth-order valence-electron chi connectivity index (χ4n) is 3.96. The molecule has 2 aromatic carbocycles. The predicted molar refractivity (Wildman–Crippen MR) is 129 cm³/mol. The minimum Gasteiger partial charge on any atom is -0.481 e. The lowest BCUT2D eigenvalue weighted by Crippen LogP contribution is -1.98. The van der Waals surface area contributed by atoms with Crippen LogP contribution in [0.25, 0.3) is 34.0 Å². The number of ether oxygens (including phenoxy) is 1. The molecule has 0 fully saturated rings. The van der Waals surface area contributed by atoms with E-state index >= 15 is 0 Å². The summed E-state index contributed by atoms with van der Waals surface area (Å²) >= 11 is 0. The highest BCUT2D eigenvalue weighted by Crippen LogP contribution is 2.31. The third-order valence-electron chi connectivity index (χ3n) is 5.74. The van der Waals surface area contributed by atoms with Crippen molar-refractivity contribution in [1.82, 2.24) is 15.1 Å². The average molecular weight is 476 g/mol. The van der Waals surface area contributed by atoms with Gasteiger partial charge < -0.3 is 14.4 Å². The van der Waals surface area contributed by atoms with Crippen LogP contribution in [0.4, 0.5) is 4.39 Å². The van der Waals surface area contributed by atoms with Crippen LogP contribution in [0.15, 0.2) is 59.3 Å². The highest BCUT2D eigenvalue weighted by Gasteiger charge is 2.16. The van der Waals surface area contributed by atoms with Crippen LogP contribution in [0, 0.1) is 12.7 Å². The molecule has 0 radical (unpaired) electrons. The molecule has 180 valence electrons. The van der Waals surface area contributed by atoms with Gasteiger partial charge in [0.25, 0.3) is 5.89 Å². The highest BCUT2D eigenvalue weighted by molar-refractivity contribution is 5.72. The fraction of sp³-hybridized carbons (Fsp3) is 0.259. The molecule has 0 atom stereocenters. The van der Waals surface area contributed by atoms with Crippen molar-refractivity contribution in [3.05, 3.63) is 77.4 Å². The van der Waals surface area contributed by atoms with Crippen LogP contribution in [0.2, 0.25) is 0 Å². The summed E-state index contributed by atoms with van der Waals surface area (Å²) in [6.07, 6.45) is 3.96. The Kier molecular flexibility index (Phi) is 7.62. The summed E-state index contributed by atoms with van der Waals surface area (Å²) in [5, 5.41) is 12.9. The first-order valence-corrected chi connectivity index (χ1v) is 11.3. The molecule has 2 aromatic heterocycles. The van der Waals surface area contributed by atoms with Crippen LogP contribution in [-0.2, 0) is 22.6 Å². The quantitative estimate of drug-likeness (QED) is 0.287. The maximum Gasteiger partial charge on any atom is 0.303 e. The lowest BCUT2D eigenvalue weighted by Gasteiger charge is -2.11. The number of benzene rings is 2. The molecular formula is C27H26FN3O4. The minimum atomic E-state index is -0.783. The van der Waals surface area contributed by atoms with Gasteiger partial charge in [-0.3, -0.25) is 9.78 Å². The van der Waals surface area contributed by atoms with E-state index in [1.165, 1.54) is 6.07 Å². The molecule has 0 aliphatic heterocycles. The Labute approximate surface area is 202 Å². The number of carbonyl (C=O) groups is 1. The highest BCUT2D eigenvalue weighted by atomic mass is 19.1. The van der Waals surface area contributed by atoms with E-state index in [1.807, 2.05) is 31.2 Å². The van der Waals surface area contributed by atoms with E-state index in [1.54, 1.807) is 31.5 Å². The fourth-order valence-corrected chi connectivity index (χ4v) is 3.96. The Balaban J connectivity index is 1.55. The second kappa shape index (κ2) is 11.0. The number of aliphatic carboxylic acids is 1. The molecule has 0 amide bonds. The van der Waals surface area contributed by atoms with E-state index < -0.39 is 5.97 Å². The zero-order chi connectivity index (χ0) is 24.8. The van der Waals surface area contributed by atoms with Gasteiger partial charge in [-0.2, -0.15) is 4.98 Å². The Morgan fingerprint density at radius 1 is 1.09 bits per heavy atom.